The molecule has 1 N–H and O–H groups in total. The van der Waals surface area contributed by atoms with Crippen molar-refractivity contribution in [3.63, 3.8) is 0 Å². The van der Waals surface area contributed by atoms with Gasteiger partial charge in [-0.05, 0) is 6.26 Å². The van der Waals surface area contributed by atoms with Crippen molar-refractivity contribution in [2.75, 3.05) is 6.26 Å². The first-order valence-corrected chi connectivity index (χ1v) is 4.58. The second-order valence-corrected chi connectivity index (χ2v) is 3.08. The number of amides is 1. The lowest BCUT2D eigenvalue weighted by Gasteiger charge is -2.14. The Labute approximate surface area is 73.0 Å². The highest BCUT2D eigenvalue weighted by molar-refractivity contribution is 8.13. The highest BCUT2D eigenvalue weighted by Gasteiger charge is 2.29. The number of rotatable bonds is 0. The first-order chi connectivity index (χ1) is 5.81. The Balaban J connectivity index is 2.34. The predicted molar refractivity (Wildman–Crippen MR) is 48.8 cm³/mol. The zero-order chi connectivity index (χ0) is 8.55. The third-order valence-corrected chi connectivity index (χ3v) is 2.15. The van der Waals surface area contributed by atoms with Gasteiger partial charge in [0.15, 0.2) is 10.9 Å². The second-order valence-electron chi connectivity index (χ2n) is 2.29. The van der Waals surface area contributed by atoms with Crippen molar-refractivity contribution in [3.8, 4) is 0 Å². The van der Waals surface area contributed by atoms with Crippen molar-refractivity contribution in [1.82, 2.24) is 5.32 Å². The second kappa shape index (κ2) is 2.71. The van der Waals surface area contributed by atoms with Gasteiger partial charge in [0.05, 0.1) is 6.21 Å². The summed E-state index contributed by atoms with van der Waals surface area (Å²) in [5.41, 5.74) is 0.382. The number of fused-ring (bicyclic) bond motifs is 1. The molecule has 0 saturated carbocycles. The quantitative estimate of drug-likeness (QED) is 0.556. The van der Waals surface area contributed by atoms with Crippen LogP contribution in [0.25, 0.3) is 0 Å². The van der Waals surface area contributed by atoms with Gasteiger partial charge in [-0.2, -0.15) is 5.10 Å². The van der Waals surface area contributed by atoms with E-state index in [1.165, 1.54) is 11.8 Å². The van der Waals surface area contributed by atoms with Crippen molar-refractivity contribution in [1.29, 1.82) is 0 Å². The fourth-order valence-corrected chi connectivity index (χ4v) is 1.40. The average molecular weight is 182 g/mol. The molecule has 0 spiro atoms. The summed E-state index contributed by atoms with van der Waals surface area (Å²) >= 11 is 1.40. The van der Waals surface area contributed by atoms with Gasteiger partial charge < -0.3 is 5.32 Å². The molecule has 2 aliphatic heterocycles. The molecule has 0 saturated heterocycles. The number of thioether (sulfide) groups is 1. The average Bonchev–Trinajstić information content (AvgIpc) is 2.52. The zero-order valence-corrected chi connectivity index (χ0v) is 7.13. The molecule has 0 aromatic carbocycles. The number of amidine groups is 1. The Bertz CT molecular complexity index is 320. The lowest BCUT2D eigenvalue weighted by molar-refractivity contribution is -0.113. The fraction of sp³-hybridized carbons (Fsp3) is 0.333. The van der Waals surface area contributed by atoms with E-state index in [4.69, 9.17) is 0 Å². The van der Waals surface area contributed by atoms with E-state index in [9.17, 15) is 4.79 Å². The summed E-state index contributed by atoms with van der Waals surface area (Å²) < 4.78 is 0. The third-order valence-electron chi connectivity index (χ3n) is 1.56. The molecule has 0 bridgehead atoms. The monoisotopic (exact) mass is 182 g/mol. The molecule has 0 aliphatic carbocycles. The Morgan fingerprint density at radius 2 is 2.50 bits per heavy atom. The summed E-state index contributed by atoms with van der Waals surface area (Å²) in [6.07, 6.45) is 3.41. The van der Waals surface area contributed by atoms with Gasteiger partial charge in [-0.15, -0.1) is 5.10 Å². The number of nitrogens with zero attached hydrogens (tertiary/aromatic N) is 3. The van der Waals surface area contributed by atoms with Crippen molar-refractivity contribution in [3.05, 3.63) is 0 Å². The van der Waals surface area contributed by atoms with Crippen LogP contribution >= 0.6 is 11.8 Å². The molecule has 1 atom stereocenters. The maximum atomic E-state index is 11.2. The minimum absolute atomic E-state index is 0.197. The summed E-state index contributed by atoms with van der Waals surface area (Å²) in [5, 5.41) is 10.5. The van der Waals surface area contributed by atoms with Crippen molar-refractivity contribution in [2.45, 2.75) is 6.04 Å². The molecule has 6 heteroatoms. The van der Waals surface area contributed by atoms with Crippen LogP contribution in [0.1, 0.15) is 0 Å². The number of hydrogen-bond acceptors (Lipinski definition) is 5. The normalized spacial score (nSPS) is 26.1. The van der Waals surface area contributed by atoms with Crippen LogP contribution in [0.2, 0.25) is 0 Å². The Morgan fingerprint density at radius 3 is 3.25 bits per heavy atom. The molecule has 12 heavy (non-hydrogen) atoms. The Morgan fingerprint density at radius 1 is 1.67 bits per heavy atom. The van der Waals surface area contributed by atoms with E-state index in [2.05, 4.69) is 20.5 Å². The molecule has 0 aromatic heterocycles. The Kier molecular flexibility index (Phi) is 1.69. The van der Waals surface area contributed by atoms with E-state index in [1.54, 1.807) is 6.21 Å². The lowest BCUT2D eigenvalue weighted by atomic mass is 10.2. The first kappa shape index (κ1) is 7.48. The number of nitrogens with one attached hydrogen (secondary N) is 1. The Hall–Kier alpha value is -1.17. The maximum absolute atomic E-state index is 11.2. The number of aliphatic imine (C=N–C) groups is 1. The van der Waals surface area contributed by atoms with Gasteiger partial charge in [0, 0.05) is 0 Å². The van der Waals surface area contributed by atoms with Crippen LogP contribution in [0.5, 0.6) is 0 Å². The molecule has 1 amide bonds. The van der Waals surface area contributed by atoms with Crippen LogP contribution in [0, 0.1) is 0 Å². The molecule has 2 heterocycles. The third kappa shape index (κ3) is 1.04. The predicted octanol–water partition coefficient (Wildman–Crippen LogP) is -0.356. The van der Waals surface area contributed by atoms with Gasteiger partial charge in [0.1, 0.15) is 6.04 Å². The molecule has 1 unspecified atom stereocenters. The van der Waals surface area contributed by atoms with Gasteiger partial charge in [-0.1, -0.05) is 11.8 Å². The summed E-state index contributed by atoms with van der Waals surface area (Å²) in [6.45, 7) is 0. The van der Waals surface area contributed by atoms with Crippen molar-refractivity contribution >= 4 is 34.8 Å². The minimum Gasteiger partial charge on any atom is -0.300 e. The molecular weight excluding hydrogens is 176 g/mol. The van der Waals surface area contributed by atoms with E-state index >= 15 is 0 Å². The smallest absolute Gasteiger partial charge is 0.276 e. The number of carbonyl (C=O) groups is 1. The molecular formula is C6H6N4OS. The standard InChI is InChI=1S/C6H6N4OS/c1-12-6-8-3-2-7-10-4(3)5(11)9-6/h2-3H,1H3,(H,8,9,11). The zero-order valence-electron chi connectivity index (χ0n) is 6.31. The SMILES string of the molecule is CSC1=NC2C=NN=C2C(=O)N1. The maximum Gasteiger partial charge on any atom is 0.276 e. The van der Waals surface area contributed by atoms with Crippen LogP contribution < -0.4 is 5.32 Å². The van der Waals surface area contributed by atoms with Gasteiger partial charge in [0.25, 0.3) is 5.91 Å². The van der Waals surface area contributed by atoms with Crippen LogP contribution in [0.4, 0.5) is 0 Å². The number of hydrogen-bond donors (Lipinski definition) is 1. The van der Waals surface area contributed by atoms with E-state index < -0.39 is 0 Å². The van der Waals surface area contributed by atoms with Crippen LogP contribution in [0.15, 0.2) is 15.2 Å². The van der Waals surface area contributed by atoms with E-state index in [1.807, 2.05) is 6.26 Å². The highest BCUT2D eigenvalue weighted by Crippen LogP contribution is 2.09. The van der Waals surface area contributed by atoms with E-state index in [-0.39, 0.29) is 11.9 Å². The summed E-state index contributed by atoms with van der Waals surface area (Å²) in [5.74, 6) is -0.197. The van der Waals surface area contributed by atoms with E-state index in [0.717, 1.165) is 0 Å². The summed E-state index contributed by atoms with van der Waals surface area (Å²) in [6, 6.07) is -0.263. The molecule has 2 aliphatic rings. The summed E-state index contributed by atoms with van der Waals surface area (Å²) in [4.78, 5) is 15.4. The van der Waals surface area contributed by atoms with Gasteiger partial charge in [0.2, 0.25) is 0 Å². The van der Waals surface area contributed by atoms with Gasteiger partial charge >= 0.3 is 0 Å². The molecule has 0 fully saturated rings. The van der Waals surface area contributed by atoms with Crippen molar-refractivity contribution < 1.29 is 4.79 Å². The van der Waals surface area contributed by atoms with Crippen molar-refractivity contribution in [2.24, 2.45) is 15.2 Å². The van der Waals surface area contributed by atoms with Gasteiger partial charge in [-0.25, -0.2) is 4.99 Å². The van der Waals surface area contributed by atoms with E-state index in [0.29, 0.717) is 10.9 Å². The van der Waals surface area contributed by atoms with Crippen LogP contribution in [-0.4, -0.2) is 35.3 Å². The van der Waals surface area contributed by atoms with Gasteiger partial charge in [-0.3, -0.25) is 4.79 Å². The highest BCUT2D eigenvalue weighted by atomic mass is 32.2. The fourth-order valence-electron chi connectivity index (χ4n) is 0.986. The number of carbonyl (C=O) groups excluding carboxylic acids is 1. The molecule has 2 rings (SSSR count). The molecule has 0 radical (unpaired) electrons. The topological polar surface area (TPSA) is 66.2 Å². The van der Waals surface area contributed by atoms with Crippen LogP contribution in [0.3, 0.4) is 0 Å². The minimum atomic E-state index is -0.263. The van der Waals surface area contributed by atoms with Crippen LogP contribution in [-0.2, 0) is 4.79 Å². The lowest BCUT2D eigenvalue weighted by Crippen LogP contribution is -2.44. The summed E-state index contributed by atoms with van der Waals surface area (Å²) in [7, 11) is 0. The largest absolute Gasteiger partial charge is 0.300 e. The molecule has 5 nitrogen and oxygen atoms in total. The molecule has 0 aromatic rings. The first-order valence-electron chi connectivity index (χ1n) is 3.35. The molecule has 62 valence electrons.